The lowest BCUT2D eigenvalue weighted by molar-refractivity contribution is 0.533. The maximum absolute atomic E-state index is 3.59. The van der Waals surface area contributed by atoms with E-state index in [-0.39, 0.29) is 0 Å². The van der Waals surface area contributed by atoms with E-state index < -0.39 is 0 Å². The Kier molecular flexibility index (Phi) is 32.2. The Morgan fingerprint density at radius 2 is 0.538 bits per heavy atom. The molecule has 0 aliphatic heterocycles. The molecule has 0 saturated carbocycles. The van der Waals surface area contributed by atoms with Crippen LogP contribution in [0.4, 0.5) is 0 Å². The molecule has 0 amide bonds. The zero-order chi connectivity index (χ0) is 19.6. The summed E-state index contributed by atoms with van der Waals surface area (Å²) in [5, 5.41) is 3.59. The SMILES string of the molecule is CCCCCC.CCCCCCCCCCCCNCCCCCCC. The lowest BCUT2D eigenvalue weighted by Gasteiger charge is -2.05. The highest BCUT2D eigenvalue weighted by molar-refractivity contribution is 4.52. The van der Waals surface area contributed by atoms with Crippen LogP contribution in [0.1, 0.15) is 150 Å². The van der Waals surface area contributed by atoms with E-state index in [1.54, 1.807) is 0 Å². The minimum absolute atomic E-state index is 1.24. The Labute approximate surface area is 168 Å². The summed E-state index contributed by atoms with van der Waals surface area (Å²) in [5.41, 5.74) is 0. The van der Waals surface area contributed by atoms with Crippen molar-refractivity contribution < 1.29 is 0 Å². The average Bonchev–Trinajstić information content (AvgIpc) is 2.66. The van der Waals surface area contributed by atoms with E-state index in [1.165, 1.54) is 135 Å². The van der Waals surface area contributed by atoms with Crippen molar-refractivity contribution in [3.05, 3.63) is 0 Å². The smallest absolute Gasteiger partial charge is 0.00489 e. The second-order valence-electron chi connectivity index (χ2n) is 8.05. The van der Waals surface area contributed by atoms with Gasteiger partial charge in [0.1, 0.15) is 0 Å². The lowest BCUT2D eigenvalue weighted by Crippen LogP contribution is -2.16. The van der Waals surface area contributed by atoms with Gasteiger partial charge in [-0.15, -0.1) is 0 Å². The highest BCUT2D eigenvalue weighted by Crippen LogP contribution is 2.10. The number of hydrogen-bond acceptors (Lipinski definition) is 1. The van der Waals surface area contributed by atoms with Crippen LogP contribution < -0.4 is 5.32 Å². The fourth-order valence-electron chi connectivity index (χ4n) is 3.22. The Hall–Kier alpha value is -0.0400. The Morgan fingerprint density at radius 3 is 0.846 bits per heavy atom. The average molecular weight is 370 g/mol. The van der Waals surface area contributed by atoms with E-state index in [9.17, 15) is 0 Å². The quantitative estimate of drug-likeness (QED) is 0.211. The van der Waals surface area contributed by atoms with Crippen LogP contribution >= 0.6 is 0 Å². The number of nitrogens with one attached hydrogen (secondary N) is 1. The zero-order valence-electron chi connectivity index (χ0n) is 19.3. The van der Waals surface area contributed by atoms with Gasteiger partial charge in [-0.25, -0.2) is 0 Å². The van der Waals surface area contributed by atoms with Crippen LogP contribution in [0.3, 0.4) is 0 Å². The third kappa shape index (κ3) is 31.7. The molecule has 0 unspecified atom stereocenters. The van der Waals surface area contributed by atoms with Crippen molar-refractivity contribution in [2.75, 3.05) is 13.1 Å². The van der Waals surface area contributed by atoms with Crippen molar-refractivity contribution in [1.82, 2.24) is 5.32 Å². The fraction of sp³-hybridized carbons (Fsp3) is 1.00. The second-order valence-corrected chi connectivity index (χ2v) is 8.05. The molecule has 0 heterocycles. The van der Waals surface area contributed by atoms with Crippen LogP contribution in [0.15, 0.2) is 0 Å². The molecule has 0 rings (SSSR count). The van der Waals surface area contributed by atoms with Gasteiger partial charge in [0.25, 0.3) is 0 Å². The van der Waals surface area contributed by atoms with Gasteiger partial charge in [-0.1, -0.05) is 137 Å². The minimum atomic E-state index is 1.24. The van der Waals surface area contributed by atoms with Crippen molar-refractivity contribution >= 4 is 0 Å². The Balaban J connectivity index is 0. The van der Waals surface area contributed by atoms with Gasteiger partial charge in [0, 0.05) is 0 Å². The molecule has 0 aromatic rings. The Morgan fingerprint density at radius 1 is 0.308 bits per heavy atom. The molecular formula is C25H55N. The summed E-state index contributed by atoms with van der Waals surface area (Å²) in [4.78, 5) is 0. The van der Waals surface area contributed by atoms with Crippen molar-refractivity contribution in [2.45, 2.75) is 150 Å². The van der Waals surface area contributed by atoms with Crippen LogP contribution in [-0.4, -0.2) is 13.1 Å². The molecule has 26 heavy (non-hydrogen) atoms. The summed E-state index contributed by atoms with van der Waals surface area (Å²) in [7, 11) is 0. The van der Waals surface area contributed by atoms with Crippen LogP contribution in [-0.2, 0) is 0 Å². The van der Waals surface area contributed by atoms with Gasteiger partial charge in [0.2, 0.25) is 0 Å². The highest BCUT2D eigenvalue weighted by atomic mass is 14.8. The molecule has 1 nitrogen and oxygen atoms in total. The highest BCUT2D eigenvalue weighted by Gasteiger charge is 1.93. The summed E-state index contributed by atoms with van der Waals surface area (Å²) < 4.78 is 0. The molecule has 0 atom stereocenters. The van der Waals surface area contributed by atoms with E-state index in [0.717, 1.165) is 0 Å². The maximum Gasteiger partial charge on any atom is -0.00489 e. The monoisotopic (exact) mass is 369 g/mol. The van der Waals surface area contributed by atoms with Crippen LogP contribution in [0.25, 0.3) is 0 Å². The number of hydrogen-bond donors (Lipinski definition) is 1. The number of rotatable bonds is 20. The molecule has 0 bridgehead atoms. The first kappa shape index (κ1) is 28.2. The first-order valence-electron chi connectivity index (χ1n) is 12.5. The van der Waals surface area contributed by atoms with E-state index in [0.29, 0.717) is 0 Å². The molecule has 1 N–H and O–H groups in total. The third-order valence-electron chi connectivity index (χ3n) is 5.12. The summed E-state index contributed by atoms with van der Waals surface area (Å²) in [5.74, 6) is 0. The first-order chi connectivity index (χ1) is 12.8. The first-order valence-corrected chi connectivity index (χ1v) is 12.5. The standard InChI is InChI=1S/C19H41N.C6H14/c1-3-5-7-9-10-11-12-13-15-17-19-20-18-16-14-8-6-4-2;1-3-5-6-4-2/h20H,3-19H2,1-2H3;3-6H2,1-2H3. The van der Waals surface area contributed by atoms with Crippen molar-refractivity contribution in [3.63, 3.8) is 0 Å². The normalized spacial score (nSPS) is 10.6. The lowest BCUT2D eigenvalue weighted by atomic mass is 10.1. The zero-order valence-corrected chi connectivity index (χ0v) is 19.3. The van der Waals surface area contributed by atoms with Gasteiger partial charge in [0.15, 0.2) is 0 Å². The largest absolute Gasteiger partial charge is 0.317 e. The summed E-state index contributed by atoms with van der Waals surface area (Å²) in [6.07, 6.45) is 26.9. The van der Waals surface area contributed by atoms with Crippen LogP contribution in [0, 0.1) is 0 Å². The number of unbranched alkanes of at least 4 members (excludes halogenated alkanes) is 16. The molecule has 0 aromatic carbocycles. The summed E-state index contributed by atoms with van der Waals surface area (Å²) >= 11 is 0. The molecule has 0 radical (unpaired) electrons. The predicted molar refractivity (Wildman–Crippen MR) is 123 cm³/mol. The molecule has 0 fully saturated rings. The minimum Gasteiger partial charge on any atom is -0.317 e. The van der Waals surface area contributed by atoms with Crippen molar-refractivity contribution in [1.29, 1.82) is 0 Å². The van der Waals surface area contributed by atoms with Gasteiger partial charge in [-0.3, -0.25) is 0 Å². The van der Waals surface area contributed by atoms with E-state index in [2.05, 4.69) is 33.0 Å². The van der Waals surface area contributed by atoms with E-state index >= 15 is 0 Å². The topological polar surface area (TPSA) is 12.0 Å². The van der Waals surface area contributed by atoms with Gasteiger partial charge in [-0.05, 0) is 25.9 Å². The van der Waals surface area contributed by atoms with Gasteiger partial charge in [0.05, 0.1) is 0 Å². The Bertz CT molecular complexity index is 180. The van der Waals surface area contributed by atoms with Crippen LogP contribution in [0.2, 0.25) is 0 Å². The fourth-order valence-corrected chi connectivity index (χ4v) is 3.22. The maximum atomic E-state index is 3.59. The molecule has 160 valence electrons. The van der Waals surface area contributed by atoms with E-state index in [4.69, 9.17) is 0 Å². The van der Waals surface area contributed by atoms with Gasteiger partial charge in [-0.2, -0.15) is 0 Å². The summed E-state index contributed by atoms with van der Waals surface area (Å²) in [6, 6.07) is 0. The predicted octanol–water partition coefficient (Wildman–Crippen LogP) is 9.05. The third-order valence-corrected chi connectivity index (χ3v) is 5.12. The summed E-state index contributed by atoms with van der Waals surface area (Å²) in [6.45, 7) is 11.5. The molecule has 0 saturated heterocycles. The molecule has 0 aliphatic carbocycles. The van der Waals surface area contributed by atoms with Gasteiger partial charge < -0.3 is 5.32 Å². The molecule has 1 heteroatoms. The molecule has 0 aromatic heterocycles. The molecule has 0 aliphatic rings. The molecule has 0 spiro atoms. The van der Waals surface area contributed by atoms with E-state index in [1.807, 2.05) is 0 Å². The van der Waals surface area contributed by atoms with Crippen molar-refractivity contribution in [3.8, 4) is 0 Å². The van der Waals surface area contributed by atoms with Gasteiger partial charge >= 0.3 is 0 Å². The molecular weight excluding hydrogens is 314 g/mol. The second kappa shape index (κ2) is 29.7. The van der Waals surface area contributed by atoms with Crippen LogP contribution in [0.5, 0.6) is 0 Å². The van der Waals surface area contributed by atoms with Crippen molar-refractivity contribution in [2.24, 2.45) is 0 Å².